The van der Waals surface area contributed by atoms with E-state index in [4.69, 9.17) is 39.5 Å². The summed E-state index contributed by atoms with van der Waals surface area (Å²) in [5, 5.41) is 3.45. The molecule has 8 nitrogen and oxygen atoms in total. The summed E-state index contributed by atoms with van der Waals surface area (Å²) in [5.41, 5.74) is 2.63. The topological polar surface area (TPSA) is 105 Å². The van der Waals surface area contributed by atoms with Crippen LogP contribution in [0.25, 0.3) is 0 Å². The third-order valence-electron chi connectivity index (χ3n) is 7.60. The van der Waals surface area contributed by atoms with Gasteiger partial charge in [0.2, 0.25) is 15.9 Å². The van der Waals surface area contributed by atoms with Gasteiger partial charge in [-0.05, 0) is 72.7 Å². The van der Waals surface area contributed by atoms with Crippen LogP contribution in [0.1, 0.15) is 40.2 Å². The number of hydrogen-bond donors (Lipinski definition) is 2. The summed E-state index contributed by atoms with van der Waals surface area (Å²) in [6.45, 7) is 0.934. The lowest BCUT2D eigenvalue weighted by atomic mass is 9.80. The molecule has 0 saturated carbocycles. The fourth-order valence-electron chi connectivity index (χ4n) is 5.43. The Kier molecular flexibility index (Phi) is 8.82. The summed E-state index contributed by atoms with van der Waals surface area (Å²) in [4.78, 5) is 27.6. The van der Waals surface area contributed by atoms with Crippen molar-refractivity contribution in [2.45, 2.75) is 30.1 Å². The lowest BCUT2D eigenvalue weighted by Crippen LogP contribution is -2.40. The van der Waals surface area contributed by atoms with Gasteiger partial charge in [0.25, 0.3) is 5.91 Å². The molecule has 0 aromatic heterocycles. The Labute approximate surface area is 254 Å². The van der Waals surface area contributed by atoms with Gasteiger partial charge in [-0.3, -0.25) is 9.59 Å². The Bertz CT molecular complexity index is 1590. The molecule has 2 aliphatic rings. The van der Waals surface area contributed by atoms with Crippen LogP contribution in [0.2, 0.25) is 15.1 Å². The van der Waals surface area contributed by atoms with E-state index in [0.29, 0.717) is 43.1 Å². The predicted octanol–water partition coefficient (Wildman–Crippen LogP) is 5.76. The Hall–Kier alpha value is -2.82. The summed E-state index contributed by atoms with van der Waals surface area (Å²) >= 11 is 18.7. The molecule has 3 aromatic rings. The molecule has 0 spiro atoms. The lowest BCUT2D eigenvalue weighted by Gasteiger charge is -2.34. The molecule has 0 bridgehead atoms. The van der Waals surface area contributed by atoms with Crippen LogP contribution in [0.4, 0.5) is 5.69 Å². The zero-order chi connectivity index (χ0) is 29.3. The number of carbonyl (C=O) groups is 2. The monoisotopic (exact) mass is 635 g/mol. The van der Waals surface area contributed by atoms with Crippen LogP contribution >= 0.6 is 34.8 Å². The summed E-state index contributed by atoms with van der Waals surface area (Å²) < 4.78 is 33.9. The number of hydrogen-bond acceptors (Lipinski definition) is 5. The summed E-state index contributed by atoms with van der Waals surface area (Å²) in [6.07, 6.45) is 1.66. The van der Waals surface area contributed by atoms with E-state index in [2.05, 4.69) is 10.0 Å². The number of carbonyl (C=O) groups excluding carboxylic acids is 2. The number of methoxy groups -OCH3 is 1. The van der Waals surface area contributed by atoms with Crippen LogP contribution in [0.5, 0.6) is 5.75 Å². The highest BCUT2D eigenvalue weighted by molar-refractivity contribution is 7.89. The van der Waals surface area contributed by atoms with Crippen LogP contribution in [-0.4, -0.2) is 51.9 Å². The van der Waals surface area contributed by atoms with Crippen LogP contribution < -0.4 is 14.8 Å². The minimum Gasteiger partial charge on any atom is -0.497 e. The highest BCUT2D eigenvalue weighted by Crippen LogP contribution is 2.42. The van der Waals surface area contributed by atoms with Crippen molar-refractivity contribution >= 4 is 62.3 Å². The fraction of sp³-hybridized carbons (Fsp3) is 0.310. The standard InChI is InChI=1S/C29H28Cl3N3O5S/c1-40-20-5-2-17(3-6-20)8-11-33-41(38,39)26-15-22(23(31)16-24(26)32)29(37)35-12-9-18(10-13-35)27-21-7-4-19(30)14-25(21)34-28(27)36/h2-7,14-16,18,27,33H,8-13H2,1H3,(H,34,36). The molecule has 1 unspecified atom stereocenters. The van der Waals surface area contributed by atoms with Gasteiger partial charge in [-0.1, -0.05) is 53.0 Å². The Morgan fingerprint density at radius 1 is 1.02 bits per heavy atom. The molecule has 0 radical (unpaired) electrons. The molecule has 1 fully saturated rings. The van der Waals surface area contributed by atoms with E-state index >= 15 is 0 Å². The molecular weight excluding hydrogens is 609 g/mol. The Morgan fingerprint density at radius 2 is 1.73 bits per heavy atom. The zero-order valence-corrected chi connectivity index (χ0v) is 25.2. The average molecular weight is 637 g/mol. The normalized spacial score (nSPS) is 17.3. The summed E-state index contributed by atoms with van der Waals surface area (Å²) in [6, 6.07) is 15.2. The first kappa shape index (κ1) is 29.7. The maximum Gasteiger partial charge on any atom is 0.255 e. The number of amides is 2. The zero-order valence-electron chi connectivity index (χ0n) is 22.1. The van der Waals surface area contributed by atoms with Gasteiger partial charge in [0.1, 0.15) is 10.6 Å². The Balaban J connectivity index is 1.25. The first-order valence-corrected chi connectivity index (χ1v) is 15.7. The quantitative estimate of drug-likeness (QED) is 0.327. The number of benzene rings is 3. The molecule has 41 heavy (non-hydrogen) atoms. The van der Waals surface area contributed by atoms with Gasteiger partial charge >= 0.3 is 0 Å². The minimum absolute atomic E-state index is 0.0491. The third kappa shape index (κ3) is 6.34. The van der Waals surface area contributed by atoms with Crippen molar-refractivity contribution < 1.29 is 22.7 Å². The molecule has 216 valence electrons. The van der Waals surface area contributed by atoms with Gasteiger partial charge in [0, 0.05) is 30.3 Å². The van der Waals surface area contributed by atoms with Gasteiger partial charge in [-0.15, -0.1) is 0 Å². The van der Waals surface area contributed by atoms with E-state index in [-0.39, 0.29) is 50.7 Å². The van der Waals surface area contributed by atoms with Crippen molar-refractivity contribution in [3.63, 3.8) is 0 Å². The molecule has 5 rings (SSSR count). The van der Waals surface area contributed by atoms with Crippen molar-refractivity contribution in [1.82, 2.24) is 9.62 Å². The SMILES string of the molecule is COc1ccc(CCNS(=O)(=O)c2cc(C(=O)N3CCC(C4C(=O)Nc5cc(Cl)ccc54)CC3)c(Cl)cc2Cl)cc1. The summed E-state index contributed by atoms with van der Waals surface area (Å²) in [5.74, 6) is 0.000731. The number of halogens is 3. The first-order valence-electron chi connectivity index (χ1n) is 13.1. The third-order valence-corrected chi connectivity index (χ3v) is 10.1. The van der Waals surface area contributed by atoms with Crippen LogP contribution in [0.15, 0.2) is 59.5 Å². The minimum atomic E-state index is -4.02. The molecule has 12 heteroatoms. The van der Waals surface area contributed by atoms with E-state index < -0.39 is 10.0 Å². The number of rotatable bonds is 8. The van der Waals surface area contributed by atoms with E-state index in [1.807, 2.05) is 18.2 Å². The first-order chi connectivity index (χ1) is 19.6. The van der Waals surface area contributed by atoms with Gasteiger partial charge < -0.3 is 15.0 Å². The molecule has 2 aliphatic heterocycles. The number of likely N-dealkylation sites (tertiary alicyclic amines) is 1. The molecule has 1 atom stereocenters. The fourth-order valence-corrected chi connectivity index (χ4v) is 7.49. The van der Waals surface area contributed by atoms with Crippen LogP contribution in [0, 0.1) is 5.92 Å². The van der Waals surface area contributed by atoms with E-state index in [0.717, 1.165) is 16.8 Å². The van der Waals surface area contributed by atoms with Crippen molar-refractivity contribution in [3.05, 3.63) is 86.4 Å². The second-order valence-corrected chi connectivity index (χ2v) is 13.1. The highest BCUT2D eigenvalue weighted by Gasteiger charge is 2.39. The van der Waals surface area contributed by atoms with Gasteiger partial charge in [0.05, 0.1) is 28.6 Å². The second-order valence-electron chi connectivity index (χ2n) is 10.1. The van der Waals surface area contributed by atoms with E-state index in [1.165, 1.54) is 12.1 Å². The Morgan fingerprint density at radius 3 is 2.41 bits per heavy atom. The second kappa shape index (κ2) is 12.2. The van der Waals surface area contributed by atoms with Crippen molar-refractivity contribution in [1.29, 1.82) is 0 Å². The van der Waals surface area contributed by atoms with E-state index in [1.54, 1.807) is 36.3 Å². The molecule has 3 aromatic carbocycles. The molecule has 2 heterocycles. The number of ether oxygens (including phenoxy) is 1. The summed E-state index contributed by atoms with van der Waals surface area (Å²) in [7, 11) is -2.45. The van der Waals surface area contributed by atoms with Crippen molar-refractivity contribution in [2.24, 2.45) is 5.92 Å². The lowest BCUT2D eigenvalue weighted by molar-refractivity contribution is -0.118. The number of nitrogens with zero attached hydrogens (tertiary/aromatic N) is 1. The maximum absolute atomic E-state index is 13.5. The number of fused-ring (bicyclic) bond motifs is 1. The molecule has 1 saturated heterocycles. The van der Waals surface area contributed by atoms with Crippen LogP contribution in [-0.2, 0) is 21.2 Å². The number of sulfonamides is 1. The number of anilines is 1. The average Bonchev–Trinajstić information content (AvgIpc) is 3.27. The maximum atomic E-state index is 13.5. The number of piperidine rings is 1. The van der Waals surface area contributed by atoms with Crippen molar-refractivity contribution in [2.75, 3.05) is 32.1 Å². The smallest absolute Gasteiger partial charge is 0.255 e. The van der Waals surface area contributed by atoms with Gasteiger partial charge in [-0.2, -0.15) is 0 Å². The molecule has 2 amide bonds. The molecular formula is C29H28Cl3N3O5S. The number of nitrogens with one attached hydrogen (secondary N) is 2. The predicted molar refractivity (Wildman–Crippen MR) is 160 cm³/mol. The largest absolute Gasteiger partial charge is 0.497 e. The molecule has 2 N–H and O–H groups in total. The molecule has 0 aliphatic carbocycles. The van der Waals surface area contributed by atoms with E-state index in [9.17, 15) is 18.0 Å². The van der Waals surface area contributed by atoms with Gasteiger partial charge in [-0.25, -0.2) is 13.1 Å². The van der Waals surface area contributed by atoms with Crippen LogP contribution in [0.3, 0.4) is 0 Å². The van der Waals surface area contributed by atoms with Gasteiger partial charge in [0.15, 0.2) is 0 Å². The van der Waals surface area contributed by atoms with Crippen molar-refractivity contribution in [3.8, 4) is 5.75 Å². The highest BCUT2D eigenvalue weighted by atomic mass is 35.5.